The number of pyridine rings is 1. The lowest BCUT2D eigenvalue weighted by Gasteiger charge is -2.23. The van der Waals surface area contributed by atoms with Crippen LogP contribution in [0.25, 0.3) is 33.1 Å². The van der Waals surface area contributed by atoms with Gasteiger partial charge < -0.3 is 20.3 Å². The van der Waals surface area contributed by atoms with E-state index in [9.17, 15) is 9.59 Å². The van der Waals surface area contributed by atoms with Gasteiger partial charge in [-0.3, -0.25) is 14.1 Å². The molecule has 0 spiro atoms. The van der Waals surface area contributed by atoms with E-state index in [2.05, 4.69) is 21.7 Å². The average molecular weight is 489 g/mol. The molecule has 0 saturated carbocycles. The zero-order chi connectivity index (χ0) is 25.2. The summed E-state index contributed by atoms with van der Waals surface area (Å²) in [6, 6.07) is 13.8. The highest BCUT2D eigenvalue weighted by Gasteiger charge is 2.23. The number of carbonyl (C=O) groups is 1. The molecule has 0 aliphatic carbocycles. The van der Waals surface area contributed by atoms with Crippen LogP contribution in [0.1, 0.15) is 18.9 Å². The highest BCUT2D eigenvalue weighted by Crippen LogP contribution is 2.32. The summed E-state index contributed by atoms with van der Waals surface area (Å²) in [5, 5.41) is 6.67. The number of aromatic nitrogens is 3. The molecule has 2 aromatic carbocycles. The molecular formula is C27H32N6O3. The molecule has 188 valence electrons. The Bertz CT molecular complexity index is 1450. The molecule has 36 heavy (non-hydrogen) atoms. The second-order valence-corrected chi connectivity index (χ2v) is 9.54. The summed E-state index contributed by atoms with van der Waals surface area (Å²) in [5.41, 5.74) is 5.35. The van der Waals surface area contributed by atoms with Crippen molar-refractivity contribution in [1.82, 2.24) is 24.3 Å². The molecule has 1 aliphatic rings. The van der Waals surface area contributed by atoms with Crippen molar-refractivity contribution in [3.63, 3.8) is 0 Å². The van der Waals surface area contributed by atoms with Gasteiger partial charge in [0.2, 0.25) is 0 Å². The van der Waals surface area contributed by atoms with E-state index in [0.717, 1.165) is 58.1 Å². The molecule has 1 saturated heterocycles. The Kier molecular flexibility index (Phi) is 6.75. The van der Waals surface area contributed by atoms with Crippen LogP contribution in [0.5, 0.6) is 0 Å². The Morgan fingerprint density at radius 1 is 1.11 bits per heavy atom. The summed E-state index contributed by atoms with van der Waals surface area (Å²) < 4.78 is 9.17. The number of rotatable bonds is 6. The predicted octanol–water partition coefficient (Wildman–Crippen LogP) is 3.59. The lowest BCUT2D eigenvalue weighted by Crippen LogP contribution is -2.34. The first kappa shape index (κ1) is 24.0. The molecule has 3 heterocycles. The van der Waals surface area contributed by atoms with Gasteiger partial charge in [0.05, 0.1) is 22.7 Å². The van der Waals surface area contributed by atoms with Gasteiger partial charge in [-0.2, -0.15) is 0 Å². The monoisotopic (exact) mass is 488 g/mol. The second-order valence-electron chi connectivity index (χ2n) is 9.54. The number of hydrogen-bond acceptors (Lipinski definition) is 5. The van der Waals surface area contributed by atoms with Crippen LogP contribution in [0, 0.1) is 0 Å². The van der Waals surface area contributed by atoms with E-state index in [4.69, 9.17) is 4.74 Å². The van der Waals surface area contributed by atoms with Gasteiger partial charge in [0.15, 0.2) is 0 Å². The van der Waals surface area contributed by atoms with E-state index in [-0.39, 0.29) is 17.8 Å². The van der Waals surface area contributed by atoms with Gasteiger partial charge in [0.25, 0.3) is 0 Å². The first-order chi connectivity index (χ1) is 17.4. The minimum absolute atomic E-state index is 0.0177. The molecule has 0 atom stereocenters. The minimum atomic E-state index is -0.223. The predicted molar refractivity (Wildman–Crippen MR) is 143 cm³/mol. The largest absolute Gasteiger partial charge is 0.381 e. The average Bonchev–Trinajstić information content (AvgIpc) is 3.14. The number of ether oxygens (including phenoxy) is 1. The zero-order valence-electron chi connectivity index (χ0n) is 21.0. The highest BCUT2D eigenvalue weighted by molar-refractivity contribution is 6.04. The summed E-state index contributed by atoms with van der Waals surface area (Å²) in [6.07, 6.45) is 3.43. The minimum Gasteiger partial charge on any atom is -0.381 e. The van der Waals surface area contributed by atoms with Crippen molar-refractivity contribution >= 4 is 33.7 Å². The third kappa shape index (κ3) is 4.72. The van der Waals surface area contributed by atoms with Crippen LogP contribution in [0.2, 0.25) is 0 Å². The molecule has 1 aliphatic heterocycles. The highest BCUT2D eigenvalue weighted by atomic mass is 16.5. The van der Waals surface area contributed by atoms with E-state index < -0.39 is 0 Å². The SMILES string of the molecule is CN(C)CCNC(=O)Nc1ccc(-c2ccc3ncc4c(c3c2)n(C2CCOCC2)c(=O)n4C)cc1. The fraction of sp³-hybridized carbons (Fsp3) is 0.370. The summed E-state index contributed by atoms with van der Waals surface area (Å²) in [6.45, 7) is 2.68. The van der Waals surface area contributed by atoms with Gasteiger partial charge in [0, 0.05) is 50.5 Å². The fourth-order valence-electron chi connectivity index (χ4n) is 4.80. The molecule has 2 amide bonds. The molecule has 9 heteroatoms. The number of aryl methyl sites for hydroxylation is 1. The molecule has 0 bridgehead atoms. The number of nitrogens with one attached hydrogen (secondary N) is 2. The number of fused-ring (bicyclic) bond motifs is 3. The molecule has 0 unspecified atom stereocenters. The number of amides is 2. The number of likely N-dealkylation sites (N-methyl/N-ethyl adjacent to an activating group) is 1. The van der Waals surface area contributed by atoms with Gasteiger partial charge in [-0.05, 0) is 62.3 Å². The Morgan fingerprint density at radius 2 is 1.83 bits per heavy atom. The third-order valence-corrected chi connectivity index (χ3v) is 6.79. The van der Waals surface area contributed by atoms with Crippen molar-refractivity contribution in [3.8, 4) is 11.1 Å². The Hall–Kier alpha value is -3.69. The van der Waals surface area contributed by atoms with Crippen molar-refractivity contribution in [2.75, 3.05) is 45.7 Å². The first-order valence-corrected chi connectivity index (χ1v) is 12.3. The van der Waals surface area contributed by atoms with Gasteiger partial charge in [-0.25, -0.2) is 9.59 Å². The van der Waals surface area contributed by atoms with Crippen LogP contribution in [-0.4, -0.2) is 65.4 Å². The van der Waals surface area contributed by atoms with Crippen molar-refractivity contribution < 1.29 is 9.53 Å². The summed E-state index contributed by atoms with van der Waals surface area (Å²) in [5.74, 6) is 0. The van der Waals surface area contributed by atoms with Crippen LogP contribution in [0.15, 0.2) is 53.5 Å². The molecule has 2 aromatic heterocycles. The summed E-state index contributed by atoms with van der Waals surface area (Å²) >= 11 is 0. The summed E-state index contributed by atoms with van der Waals surface area (Å²) in [7, 11) is 5.74. The lowest BCUT2D eigenvalue weighted by molar-refractivity contribution is 0.0697. The van der Waals surface area contributed by atoms with Crippen LogP contribution in [0.3, 0.4) is 0 Å². The standard InChI is InChI=1S/C27H32N6O3/c1-31(2)13-12-28-26(34)30-20-7-4-18(5-8-20)19-6-9-23-22(16-19)25-24(17-29-23)32(3)27(35)33(25)21-10-14-36-15-11-21/h4-9,16-17,21H,10-15H2,1-3H3,(H2,28,30,34). The lowest BCUT2D eigenvalue weighted by atomic mass is 10.0. The van der Waals surface area contributed by atoms with Crippen molar-refractivity contribution in [1.29, 1.82) is 0 Å². The molecule has 2 N–H and O–H groups in total. The normalized spacial score (nSPS) is 14.6. The van der Waals surface area contributed by atoms with E-state index in [1.807, 2.05) is 60.0 Å². The number of benzene rings is 2. The number of urea groups is 1. The van der Waals surface area contributed by atoms with Gasteiger partial charge in [0.1, 0.15) is 0 Å². The topological polar surface area (TPSA) is 93.4 Å². The number of imidazole rings is 1. The van der Waals surface area contributed by atoms with Crippen LogP contribution in [-0.2, 0) is 11.8 Å². The number of anilines is 1. The van der Waals surface area contributed by atoms with E-state index in [1.165, 1.54) is 0 Å². The van der Waals surface area contributed by atoms with Gasteiger partial charge in [-0.1, -0.05) is 18.2 Å². The first-order valence-electron chi connectivity index (χ1n) is 12.3. The number of hydrogen-bond donors (Lipinski definition) is 2. The second kappa shape index (κ2) is 10.1. The molecule has 5 rings (SSSR count). The number of nitrogens with zero attached hydrogens (tertiary/aromatic N) is 4. The van der Waals surface area contributed by atoms with Crippen molar-refractivity contribution in [3.05, 3.63) is 59.1 Å². The number of carbonyl (C=O) groups excluding carboxylic acids is 1. The van der Waals surface area contributed by atoms with Crippen molar-refractivity contribution in [2.45, 2.75) is 18.9 Å². The molecule has 9 nitrogen and oxygen atoms in total. The van der Waals surface area contributed by atoms with Crippen LogP contribution < -0.4 is 16.3 Å². The quantitative estimate of drug-likeness (QED) is 0.433. The maximum absolute atomic E-state index is 13.2. The van der Waals surface area contributed by atoms with Crippen molar-refractivity contribution in [2.24, 2.45) is 7.05 Å². The smallest absolute Gasteiger partial charge is 0.329 e. The molecule has 4 aromatic rings. The third-order valence-electron chi connectivity index (χ3n) is 6.79. The van der Waals surface area contributed by atoms with E-state index in [1.54, 1.807) is 17.8 Å². The van der Waals surface area contributed by atoms with Gasteiger partial charge in [-0.15, -0.1) is 0 Å². The summed E-state index contributed by atoms with van der Waals surface area (Å²) in [4.78, 5) is 32.0. The van der Waals surface area contributed by atoms with E-state index in [0.29, 0.717) is 19.8 Å². The van der Waals surface area contributed by atoms with Crippen LogP contribution in [0.4, 0.5) is 10.5 Å². The molecule has 1 fully saturated rings. The fourth-order valence-corrected chi connectivity index (χ4v) is 4.80. The maximum atomic E-state index is 13.2. The Balaban J connectivity index is 1.46. The van der Waals surface area contributed by atoms with Crippen LogP contribution >= 0.6 is 0 Å². The maximum Gasteiger partial charge on any atom is 0.329 e. The zero-order valence-corrected chi connectivity index (χ0v) is 21.0. The molecule has 0 radical (unpaired) electrons. The Labute approximate surface area is 209 Å². The van der Waals surface area contributed by atoms with Gasteiger partial charge >= 0.3 is 11.7 Å². The molecular weight excluding hydrogens is 456 g/mol. The Morgan fingerprint density at radius 3 is 2.56 bits per heavy atom. The van der Waals surface area contributed by atoms with E-state index >= 15 is 0 Å².